The third-order valence-electron chi connectivity index (χ3n) is 1.79. The highest BCUT2D eigenvalue weighted by atomic mass is 35.5. The van der Waals surface area contributed by atoms with Crippen molar-refractivity contribution in [2.45, 2.75) is 26.3 Å². The maximum atomic E-state index is 5.73. The monoisotopic (exact) mass is 199 g/mol. The van der Waals surface area contributed by atoms with Gasteiger partial charge < -0.3 is 5.32 Å². The Hall–Kier alpha value is -0.830. The first-order valence-corrected chi connectivity index (χ1v) is 4.91. The fourth-order valence-electron chi connectivity index (χ4n) is 0.899. The number of nitrogens with zero attached hydrogens (tertiary/aromatic N) is 2. The Bertz CT molecular complexity index is 244. The molecule has 0 saturated carbocycles. The minimum absolute atomic E-state index is 0.254. The summed E-state index contributed by atoms with van der Waals surface area (Å²) in [4.78, 5) is 8.27. The number of aryl methyl sites for hydroxylation is 1. The van der Waals surface area contributed by atoms with E-state index in [0.29, 0.717) is 11.8 Å². The van der Waals surface area contributed by atoms with Crippen molar-refractivity contribution in [1.29, 1.82) is 0 Å². The van der Waals surface area contributed by atoms with Gasteiger partial charge in [-0.3, -0.25) is 0 Å². The molecule has 1 rings (SSSR count). The van der Waals surface area contributed by atoms with Gasteiger partial charge in [0.25, 0.3) is 0 Å². The lowest BCUT2D eigenvalue weighted by molar-refractivity contribution is 0.758. The lowest BCUT2D eigenvalue weighted by atomic mass is 10.3. The molecule has 0 aliphatic heterocycles. The number of halogens is 1. The predicted octanol–water partition coefficient (Wildman–Crippen LogP) is 2.21. The summed E-state index contributed by atoms with van der Waals surface area (Å²) >= 11 is 5.73. The van der Waals surface area contributed by atoms with E-state index in [2.05, 4.69) is 22.2 Å². The van der Waals surface area contributed by atoms with Crippen molar-refractivity contribution in [3.63, 3.8) is 0 Å². The number of alkyl halides is 1. The van der Waals surface area contributed by atoms with E-state index in [1.165, 1.54) is 0 Å². The summed E-state index contributed by atoms with van der Waals surface area (Å²) in [5.74, 6) is 1.23. The third-order valence-corrected chi connectivity index (χ3v) is 2.17. The van der Waals surface area contributed by atoms with Crippen LogP contribution in [0, 0.1) is 6.92 Å². The van der Waals surface area contributed by atoms with Crippen LogP contribution >= 0.6 is 11.6 Å². The number of rotatable bonds is 4. The van der Waals surface area contributed by atoms with Crippen LogP contribution in [0.15, 0.2) is 12.4 Å². The van der Waals surface area contributed by atoms with Gasteiger partial charge in [0.05, 0.1) is 0 Å². The molecule has 1 heterocycles. The molecule has 0 fully saturated rings. The van der Waals surface area contributed by atoms with Gasteiger partial charge in [-0.2, -0.15) is 0 Å². The SMILES string of the molecule is CCC(CCl)Nc1ncc(C)cn1. The Morgan fingerprint density at radius 1 is 1.46 bits per heavy atom. The molecule has 0 bridgehead atoms. The van der Waals surface area contributed by atoms with E-state index >= 15 is 0 Å². The number of nitrogens with one attached hydrogen (secondary N) is 1. The van der Waals surface area contributed by atoms with Crippen molar-refractivity contribution in [2.75, 3.05) is 11.2 Å². The van der Waals surface area contributed by atoms with Crippen molar-refractivity contribution in [3.05, 3.63) is 18.0 Å². The molecule has 0 saturated heterocycles. The van der Waals surface area contributed by atoms with Crippen molar-refractivity contribution in [3.8, 4) is 0 Å². The Kier molecular flexibility index (Phi) is 3.96. The maximum Gasteiger partial charge on any atom is 0.222 e. The summed E-state index contributed by atoms with van der Waals surface area (Å²) < 4.78 is 0. The highest BCUT2D eigenvalue weighted by Gasteiger charge is 2.04. The molecule has 0 aliphatic carbocycles. The van der Waals surface area contributed by atoms with Gasteiger partial charge in [-0.15, -0.1) is 11.6 Å². The average molecular weight is 200 g/mol. The Labute approximate surface area is 83.5 Å². The second kappa shape index (κ2) is 5.02. The highest BCUT2D eigenvalue weighted by molar-refractivity contribution is 6.18. The van der Waals surface area contributed by atoms with Gasteiger partial charge in [-0.25, -0.2) is 9.97 Å². The molecule has 1 atom stereocenters. The second-order valence-corrected chi connectivity index (χ2v) is 3.30. The zero-order valence-corrected chi connectivity index (χ0v) is 8.67. The van der Waals surface area contributed by atoms with Crippen LogP contribution < -0.4 is 5.32 Å². The number of aromatic nitrogens is 2. The first-order valence-electron chi connectivity index (χ1n) is 4.37. The summed E-state index contributed by atoms with van der Waals surface area (Å²) in [6.45, 7) is 4.04. The molecule has 4 heteroatoms. The van der Waals surface area contributed by atoms with Crippen molar-refractivity contribution in [1.82, 2.24) is 9.97 Å². The average Bonchev–Trinajstić information content (AvgIpc) is 2.17. The van der Waals surface area contributed by atoms with Crippen LogP contribution in [0.1, 0.15) is 18.9 Å². The Morgan fingerprint density at radius 3 is 2.54 bits per heavy atom. The van der Waals surface area contributed by atoms with E-state index in [0.717, 1.165) is 12.0 Å². The first kappa shape index (κ1) is 10.3. The number of hydrogen-bond donors (Lipinski definition) is 1. The van der Waals surface area contributed by atoms with Gasteiger partial charge in [0.1, 0.15) is 0 Å². The van der Waals surface area contributed by atoms with Crippen LogP contribution in [0.4, 0.5) is 5.95 Å². The third kappa shape index (κ3) is 3.19. The molecule has 0 radical (unpaired) electrons. The minimum atomic E-state index is 0.254. The fraction of sp³-hybridized carbons (Fsp3) is 0.556. The summed E-state index contributed by atoms with van der Waals surface area (Å²) in [5, 5.41) is 3.15. The van der Waals surface area contributed by atoms with Crippen molar-refractivity contribution >= 4 is 17.5 Å². The van der Waals surface area contributed by atoms with Crippen LogP contribution in [-0.4, -0.2) is 21.9 Å². The zero-order chi connectivity index (χ0) is 9.68. The van der Waals surface area contributed by atoms with Gasteiger partial charge in [0, 0.05) is 24.3 Å². The molecule has 0 spiro atoms. The number of anilines is 1. The molecule has 1 aromatic heterocycles. The van der Waals surface area contributed by atoms with Gasteiger partial charge in [0.15, 0.2) is 0 Å². The summed E-state index contributed by atoms with van der Waals surface area (Å²) in [5.41, 5.74) is 1.06. The van der Waals surface area contributed by atoms with E-state index in [9.17, 15) is 0 Å². The quantitative estimate of drug-likeness (QED) is 0.756. The molecule has 1 N–H and O–H groups in total. The van der Waals surface area contributed by atoms with Gasteiger partial charge in [0.2, 0.25) is 5.95 Å². The van der Waals surface area contributed by atoms with E-state index in [1.54, 1.807) is 12.4 Å². The Morgan fingerprint density at radius 2 is 2.08 bits per heavy atom. The molecule has 13 heavy (non-hydrogen) atoms. The predicted molar refractivity (Wildman–Crippen MR) is 55.2 cm³/mol. The van der Waals surface area contributed by atoms with Gasteiger partial charge in [-0.1, -0.05) is 6.92 Å². The van der Waals surface area contributed by atoms with Gasteiger partial charge >= 0.3 is 0 Å². The second-order valence-electron chi connectivity index (χ2n) is 2.99. The van der Waals surface area contributed by atoms with E-state index in [-0.39, 0.29) is 6.04 Å². The van der Waals surface area contributed by atoms with Crippen LogP contribution in [0.5, 0.6) is 0 Å². The molecular formula is C9H14ClN3. The van der Waals surface area contributed by atoms with Crippen molar-refractivity contribution < 1.29 is 0 Å². The highest BCUT2D eigenvalue weighted by Crippen LogP contribution is 2.04. The molecule has 3 nitrogen and oxygen atoms in total. The van der Waals surface area contributed by atoms with Crippen LogP contribution in [-0.2, 0) is 0 Å². The van der Waals surface area contributed by atoms with E-state index < -0.39 is 0 Å². The van der Waals surface area contributed by atoms with Crippen molar-refractivity contribution in [2.24, 2.45) is 0 Å². The van der Waals surface area contributed by atoms with Crippen LogP contribution in [0.25, 0.3) is 0 Å². The largest absolute Gasteiger partial charge is 0.350 e. The Balaban J connectivity index is 2.58. The standard InChI is InChI=1S/C9H14ClN3/c1-3-8(4-10)13-9-11-5-7(2)6-12-9/h5-6,8H,3-4H2,1-2H3,(H,11,12,13). The molecular weight excluding hydrogens is 186 g/mol. The summed E-state index contributed by atoms with van der Waals surface area (Å²) in [6, 6.07) is 0.254. The molecule has 1 aromatic rings. The molecule has 0 amide bonds. The zero-order valence-electron chi connectivity index (χ0n) is 7.92. The topological polar surface area (TPSA) is 37.8 Å². The van der Waals surface area contributed by atoms with Crippen LogP contribution in [0.3, 0.4) is 0 Å². The maximum absolute atomic E-state index is 5.73. The lowest BCUT2D eigenvalue weighted by Crippen LogP contribution is -2.21. The van der Waals surface area contributed by atoms with Crippen LogP contribution in [0.2, 0.25) is 0 Å². The van der Waals surface area contributed by atoms with E-state index in [1.807, 2.05) is 6.92 Å². The van der Waals surface area contributed by atoms with E-state index in [4.69, 9.17) is 11.6 Å². The molecule has 1 unspecified atom stereocenters. The summed E-state index contributed by atoms with van der Waals surface area (Å²) in [6.07, 6.45) is 4.55. The molecule has 72 valence electrons. The molecule has 0 aliphatic rings. The smallest absolute Gasteiger partial charge is 0.222 e. The molecule has 0 aromatic carbocycles. The summed E-state index contributed by atoms with van der Waals surface area (Å²) in [7, 11) is 0. The fourth-order valence-corrected chi connectivity index (χ4v) is 1.19. The minimum Gasteiger partial charge on any atom is -0.350 e. The first-order chi connectivity index (χ1) is 6.26. The normalized spacial score (nSPS) is 12.5. The van der Waals surface area contributed by atoms with Gasteiger partial charge in [-0.05, 0) is 18.9 Å². The lowest BCUT2D eigenvalue weighted by Gasteiger charge is -2.12. The number of hydrogen-bond acceptors (Lipinski definition) is 3.